The topological polar surface area (TPSA) is 55.1 Å². The van der Waals surface area contributed by atoms with Crippen LogP contribution in [0.2, 0.25) is 0 Å². The fourth-order valence-corrected chi connectivity index (χ4v) is 5.19. The Labute approximate surface area is 132 Å². The second-order valence-electron chi connectivity index (χ2n) is 6.12. The number of carbonyl (C=O) groups is 1. The highest BCUT2D eigenvalue weighted by Gasteiger charge is 2.40. The Kier molecular flexibility index (Phi) is 4.48. The Morgan fingerprint density at radius 1 is 1.35 bits per heavy atom. The average Bonchev–Trinajstić information content (AvgIpc) is 2.81. The molecular formula is C15H21BrN2OS. The van der Waals surface area contributed by atoms with Crippen LogP contribution in [0.3, 0.4) is 0 Å². The van der Waals surface area contributed by atoms with Crippen molar-refractivity contribution < 1.29 is 4.79 Å². The van der Waals surface area contributed by atoms with Gasteiger partial charge in [0.05, 0.1) is 10.3 Å². The molecule has 2 saturated carbocycles. The van der Waals surface area contributed by atoms with E-state index in [2.05, 4.69) is 27.3 Å². The van der Waals surface area contributed by atoms with Crippen molar-refractivity contribution in [2.45, 2.75) is 44.7 Å². The molecule has 2 aliphatic carbocycles. The molecule has 2 unspecified atom stereocenters. The van der Waals surface area contributed by atoms with Gasteiger partial charge >= 0.3 is 0 Å². The number of thiophene rings is 1. The van der Waals surface area contributed by atoms with Gasteiger partial charge in [-0.15, -0.1) is 11.3 Å². The number of hydrogen-bond acceptors (Lipinski definition) is 3. The van der Waals surface area contributed by atoms with Gasteiger partial charge in [-0.2, -0.15) is 0 Å². The molecule has 2 fully saturated rings. The largest absolute Gasteiger partial charge is 0.351 e. The smallest absolute Gasteiger partial charge is 0.223 e. The number of fused-ring (bicyclic) bond motifs is 2. The van der Waals surface area contributed by atoms with Crippen LogP contribution in [-0.4, -0.2) is 11.9 Å². The summed E-state index contributed by atoms with van der Waals surface area (Å²) in [6.07, 6.45) is 5.68. The van der Waals surface area contributed by atoms with Crippen LogP contribution < -0.4 is 11.1 Å². The Morgan fingerprint density at radius 3 is 2.65 bits per heavy atom. The molecule has 1 aromatic heterocycles. The van der Waals surface area contributed by atoms with E-state index in [1.54, 1.807) is 11.3 Å². The highest BCUT2D eigenvalue weighted by Crippen LogP contribution is 2.41. The number of nitrogens with one attached hydrogen (secondary N) is 1. The molecule has 3 nitrogen and oxygen atoms in total. The maximum Gasteiger partial charge on any atom is 0.223 e. The second-order valence-corrected chi connectivity index (χ2v) is 8.67. The van der Waals surface area contributed by atoms with E-state index >= 15 is 0 Å². The molecule has 3 N–H and O–H groups in total. The molecule has 3 rings (SSSR count). The summed E-state index contributed by atoms with van der Waals surface area (Å²) in [5.41, 5.74) is 6.28. The zero-order valence-corrected chi connectivity index (χ0v) is 13.9. The third-order valence-corrected chi connectivity index (χ3v) is 6.47. The standard InChI is InChI=1S/C15H21BrN2OS/c16-13-5-4-12(20-13)8-18-15(19)11-6-9-2-1-3-10(7-11)14(9)17/h4-5,9-11,14H,1-3,6-8,17H2,(H,18,19). The highest BCUT2D eigenvalue weighted by molar-refractivity contribution is 9.11. The molecular weight excluding hydrogens is 336 g/mol. The maximum atomic E-state index is 12.4. The van der Waals surface area contributed by atoms with E-state index in [-0.39, 0.29) is 11.8 Å². The zero-order chi connectivity index (χ0) is 14.1. The van der Waals surface area contributed by atoms with E-state index in [1.165, 1.54) is 24.1 Å². The molecule has 0 aromatic carbocycles. The lowest BCUT2D eigenvalue weighted by Gasteiger charge is -2.43. The number of carbonyl (C=O) groups excluding carboxylic acids is 1. The van der Waals surface area contributed by atoms with Gasteiger partial charge in [0.15, 0.2) is 0 Å². The van der Waals surface area contributed by atoms with Crippen molar-refractivity contribution in [1.29, 1.82) is 0 Å². The Morgan fingerprint density at radius 2 is 2.05 bits per heavy atom. The van der Waals surface area contributed by atoms with Crippen LogP contribution in [0.25, 0.3) is 0 Å². The van der Waals surface area contributed by atoms with E-state index in [0.29, 0.717) is 24.4 Å². The van der Waals surface area contributed by atoms with E-state index in [0.717, 1.165) is 16.6 Å². The molecule has 20 heavy (non-hydrogen) atoms. The minimum atomic E-state index is 0.175. The Bertz CT molecular complexity index is 476. The predicted octanol–water partition coefficient (Wildman–Crippen LogP) is 3.28. The summed E-state index contributed by atoms with van der Waals surface area (Å²) in [7, 11) is 0. The van der Waals surface area contributed by atoms with Gasteiger partial charge in [0.25, 0.3) is 0 Å². The predicted molar refractivity (Wildman–Crippen MR) is 85.4 cm³/mol. The third-order valence-electron chi connectivity index (χ3n) is 4.85. The molecule has 0 radical (unpaired) electrons. The van der Waals surface area contributed by atoms with Crippen LogP contribution >= 0.6 is 27.3 Å². The van der Waals surface area contributed by atoms with E-state index in [4.69, 9.17) is 5.73 Å². The maximum absolute atomic E-state index is 12.4. The van der Waals surface area contributed by atoms with Crippen LogP contribution in [0.5, 0.6) is 0 Å². The summed E-state index contributed by atoms with van der Waals surface area (Å²) in [5, 5.41) is 3.10. The lowest BCUT2D eigenvalue weighted by molar-refractivity contribution is -0.128. The van der Waals surface area contributed by atoms with Crippen LogP contribution in [0.15, 0.2) is 15.9 Å². The zero-order valence-electron chi connectivity index (χ0n) is 11.5. The summed E-state index contributed by atoms with van der Waals surface area (Å²) in [6, 6.07) is 4.41. The van der Waals surface area contributed by atoms with Crippen LogP contribution in [0, 0.1) is 17.8 Å². The van der Waals surface area contributed by atoms with Gasteiger partial charge in [0, 0.05) is 16.8 Å². The Hall–Kier alpha value is -0.390. The third kappa shape index (κ3) is 3.10. The number of rotatable bonds is 3. The average molecular weight is 357 g/mol. The summed E-state index contributed by atoms with van der Waals surface area (Å²) in [5.74, 6) is 1.52. The van der Waals surface area contributed by atoms with Crippen molar-refractivity contribution >= 4 is 33.2 Å². The van der Waals surface area contributed by atoms with Crippen LogP contribution in [0.4, 0.5) is 0 Å². The lowest BCUT2D eigenvalue weighted by Crippen LogP contribution is -2.49. The van der Waals surface area contributed by atoms with Gasteiger partial charge in [-0.1, -0.05) is 6.42 Å². The fraction of sp³-hybridized carbons (Fsp3) is 0.667. The number of hydrogen-bond donors (Lipinski definition) is 2. The van der Waals surface area contributed by atoms with Crippen molar-refractivity contribution in [3.8, 4) is 0 Å². The highest BCUT2D eigenvalue weighted by atomic mass is 79.9. The van der Waals surface area contributed by atoms with Gasteiger partial charge in [0.1, 0.15) is 0 Å². The summed E-state index contributed by atoms with van der Waals surface area (Å²) >= 11 is 5.12. The molecule has 110 valence electrons. The SMILES string of the molecule is NC1C2CCCC1CC(C(=O)NCc1ccc(Br)s1)C2. The molecule has 0 aliphatic heterocycles. The van der Waals surface area contributed by atoms with E-state index < -0.39 is 0 Å². The minimum absolute atomic E-state index is 0.175. The summed E-state index contributed by atoms with van der Waals surface area (Å²) in [6.45, 7) is 0.646. The first-order valence-corrected chi connectivity index (χ1v) is 9.02. The van der Waals surface area contributed by atoms with Crippen LogP contribution in [-0.2, 0) is 11.3 Å². The van der Waals surface area contributed by atoms with E-state index in [9.17, 15) is 4.79 Å². The number of halogens is 1. The van der Waals surface area contributed by atoms with Crippen LogP contribution in [0.1, 0.15) is 37.0 Å². The molecule has 0 saturated heterocycles. The van der Waals surface area contributed by atoms with Gasteiger partial charge in [-0.25, -0.2) is 0 Å². The second kappa shape index (κ2) is 6.16. The van der Waals surface area contributed by atoms with Crippen molar-refractivity contribution in [3.63, 3.8) is 0 Å². The molecule has 1 heterocycles. The molecule has 1 amide bonds. The normalized spacial score (nSPS) is 32.9. The van der Waals surface area contributed by atoms with Crippen molar-refractivity contribution in [2.24, 2.45) is 23.5 Å². The fourth-order valence-electron chi connectivity index (χ4n) is 3.77. The molecule has 2 aliphatic rings. The molecule has 2 atom stereocenters. The number of amides is 1. The first-order valence-electron chi connectivity index (χ1n) is 7.41. The quantitative estimate of drug-likeness (QED) is 0.872. The van der Waals surface area contributed by atoms with Gasteiger partial charge in [-0.05, 0) is 65.6 Å². The summed E-state index contributed by atoms with van der Waals surface area (Å²) < 4.78 is 1.11. The first kappa shape index (κ1) is 14.5. The molecule has 0 spiro atoms. The minimum Gasteiger partial charge on any atom is -0.351 e. The first-order chi connectivity index (χ1) is 9.63. The van der Waals surface area contributed by atoms with Crippen molar-refractivity contribution in [2.75, 3.05) is 0 Å². The Balaban J connectivity index is 1.55. The van der Waals surface area contributed by atoms with Gasteiger partial charge < -0.3 is 11.1 Å². The molecule has 1 aromatic rings. The van der Waals surface area contributed by atoms with Gasteiger partial charge in [-0.3, -0.25) is 4.79 Å². The van der Waals surface area contributed by atoms with Gasteiger partial charge in [0.2, 0.25) is 5.91 Å². The molecule has 5 heteroatoms. The van der Waals surface area contributed by atoms with Crippen molar-refractivity contribution in [3.05, 3.63) is 20.8 Å². The lowest BCUT2D eigenvalue weighted by atomic mass is 9.65. The van der Waals surface area contributed by atoms with E-state index in [1.807, 2.05) is 6.07 Å². The van der Waals surface area contributed by atoms with Crippen molar-refractivity contribution in [1.82, 2.24) is 5.32 Å². The molecule has 2 bridgehead atoms. The monoisotopic (exact) mass is 356 g/mol. The number of nitrogens with two attached hydrogens (primary N) is 1. The summed E-state index contributed by atoms with van der Waals surface area (Å²) in [4.78, 5) is 13.5.